The third kappa shape index (κ3) is 6.06. The van der Waals surface area contributed by atoms with Crippen LogP contribution < -0.4 is 5.32 Å². The van der Waals surface area contributed by atoms with Gasteiger partial charge in [0.1, 0.15) is 0 Å². The highest BCUT2D eigenvalue weighted by molar-refractivity contribution is 9.10. The summed E-state index contributed by atoms with van der Waals surface area (Å²) in [6, 6.07) is 11.2. The lowest BCUT2D eigenvalue weighted by Gasteiger charge is -2.18. The third-order valence-electron chi connectivity index (χ3n) is 3.05. The molecule has 0 aliphatic heterocycles. The van der Waals surface area contributed by atoms with Gasteiger partial charge in [-0.2, -0.15) is 0 Å². The van der Waals surface area contributed by atoms with Gasteiger partial charge in [0.15, 0.2) is 0 Å². The van der Waals surface area contributed by atoms with Crippen molar-refractivity contribution < 1.29 is 0 Å². The molecular formula is C16H19Br2NS2. The van der Waals surface area contributed by atoms with Gasteiger partial charge in [0.25, 0.3) is 0 Å². The average molecular weight is 449 g/mol. The molecular weight excluding hydrogens is 430 g/mol. The molecule has 2 rings (SSSR count). The summed E-state index contributed by atoms with van der Waals surface area (Å²) in [5.74, 6) is 1.08. The van der Waals surface area contributed by atoms with Crippen molar-refractivity contribution in [3.8, 4) is 0 Å². The summed E-state index contributed by atoms with van der Waals surface area (Å²) in [5, 5.41) is 5.82. The molecule has 0 aliphatic carbocycles. The minimum Gasteiger partial charge on any atom is -0.313 e. The zero-order chi connectivity index (χ0) is 15.1. The number of hydrogen-bond donors (Lipinski definition) is 1. The van der Waals surface area contributed by atoms with E-state index >= 15 is 0 Å². The molecule has 1 nitrogen and oxygen atoms in total. The Balaban J connectivity index is 1.94. The molecule has 0 saturated heterocycles. The van der Waals surface area contributed by atoms with Gasteiger partial charge < -0.3 is 5.32 Å². The van der Waals surface area contributed by atoms with E-state index in [1.807, 2.05) is 23.1 Å². The molecule has 0 fully saturated rings. The molecule has 1 aromatic heterocycles. The highest BCUT2D eigenvalue weighted by Crippen LogP contribution is 2.27. The van der Waals surface area contributed by atoms with Crippen LogP contribution in [0.25, 0.3) is 0 Å². The van der Waals surface area contributed by atoms with E-state index in [1.165, 1.54) is 20.7 Å². The Labute approximate surface area is 152 Å². The van der Waals surface area contributed by atoms with Gasteiger partial charge in [-0.05, 0) is 65.0 Å². The molecule has 1 unspecified atom stereocenters. The van der Waals surface area contributed by atoms with Gasteiger partial charge in [0.2, 0.25) is 0 Å². The number of halogens is 2. The van der Waals surface area contributed by atoms with E-state index in [9.17, 15) is 0 Å². The van der Waals surface area contributed by atoms with Crippen molar-refractivity contribution >= 4 is 55.0 Å². The smallest absolute Gasteiger partial charge is 0.0314 e. The average Bonchev–Trinajstić information content (AvgIpc) is 2.87. The molecule has 0 spiro atoms. The Morgan fingerprint density at radius 3 is 2.81 bits per heavy atom. The van der Waals surface area contributed by atoms with E-state index in [-0.39, 0.29) is 0 Å². The van der Waals surface area contributed by atoms with Crippen LogP contribution in [0.3, 0.4) is 0 Å². The first-order valence-corrected chi connectivity index (χ1v) is 10.5. The van der Waals surface area contributed by atoms with Crippen LogP contribution in [-0.2, 0) is 6.42 Å². The molecule has 114 valence electrons. The molecule has 0 aliphatic rings. The molecule has 0 saturated carbocycles. The van der Waals surface area contributed by atoms with Crippen LogP contribution in [0.15, 0.2) is 49.6 Å². The maximum absolute atomic E-state index is 3.67. The van der Waals surface area contributed by atoms with E-state index in [1.54, 1.807) is 0 Å². The largest absolute Gasteiger partial charge is 0.313 e. The van der Waals surface area contributed by atoms with Gasteiger partial charge in [-0.15, -0.1) is 23.1 Å². The Kier molecular flexibility index (Phi) is 7.82. The summed E-state index contributed by atoms with van der Waals surface area (Å²) in [5.41, 5.74) is 0. The van der Waals surface area contributed by atoms with E-state index in [4.69, 9.17) is 0 Å². The Morgan fingerprint density at radius 2 is 2.14 bits per heavy atom. The summed E-state index contributed by atoms with van der Waals surface area (Å²) in [7, 11) is 0. The van der Waals surface area contributed by atoms with E-state index in [0.717, 1.165) is 23.2 Å². The van der Waals surface area contributed by atoms with Crippen molar-refractivity contribution in [2.75, 3.05) is 12.3 Å². The predicted octanol–water partition coefficient (Wildman–Crippen LogP) is 5.98. The fraction of sp³-hybridized carbons (Fsp3) is 0.375. The lowest BCUT2D eigenvalue weighted by molar-refractivity contribution is 0.552. The monoisotopic (exact) mass is 447 g/mol. The summed E-state index contributed by atoms with van der Waals surface area (Å²) >= 11 is 10.9. The number of benzene rings is 1. The highest BCUT2D eigenvalue weighted by Gasteiger charge is 2.12. The standard InChI is InChI=1S/C16H19Br2NS2/c1-2-7-19-13(10-16-15(18)6-8-20-16)11-21-14-5-3-4-12(17)9-14/h3-6,8-9,13,19H,2,7,10-11H2,1H3. The van der Waals surface area contributed by atoms with Crippen molar-refractivity contribution in [1.29, 1.82) is 0 Å². The molecule has 1 atom stereocenters. The van der Waals surface area contributed by atoms with Crippen molar-refractivity contribution in [3.05, 3.63) is 49.5 Å². The minimum absolute atomic E-state index is 0.504. The van der Waals surface area contributed by atoms with Crippen LogP contribution in [0.4, 0.5) is 0 Å². The molecule has 0 amide bonds. The highest BCUT2D eigenvalue weighted by atomic mass is 79.9. The van der Waals surface area contributed by atoms with Crippen molar-refractivity contribution in [2.24, 2.45) is 0 Å². The van der Waals surface area contributed by atoms with Crippen LogP contribution in [0.5, 0.6) is 0 Å². The maximum atomic E-state index is 3.67. The molecule has 5 heteroatoms. The van der Waals surface area contributed by atoms with Gasteiger partial charge >= 0.3 is 0 Å². The third-order valence-corrected chi connectivity index (χ3v) is 6.65. The van der Waals surface area contributed by atoms with Crippen LogP contribution >= 0.6 is 55.0 Å². The quantitative estimate of drug-likeness (QED) is 0.498. The summed E-state index contributed by atoms with van der Waals surface area (Å²) < 4.78 is 2.38. The summed E-state index contributed by atoms with van der Waals surface area (Å²) in [6.45, 7) is 3.29. The van der Waals surface area contributed by atoms with E-state index < -0.39 is 0 Å². The Morgan fingerprint density at radius 1 is 1.29 bits per heavy atom. The molecule has 1 N–H and O–H groups in total. The lowest BCUT2D eigenvalue weighted by atomic mass is 10.2. The number of hydrogen-bond acceptors (Lipinski definition) is 3. The molecule has 21 heavy (non-hydrogen) atoms. The number of thiophene rings is 1. The summed E-state index contributed by atoms with van der Waals surface area (Å²) in [6.07, 6.45) is 2.25. The number of nitrogens with one attached hydrogen (secondary N) is 1. The predicted molar refractivity (Wildman–Crippen MR) is 103 cm³/mol. The second-order valence-corrected chi connectivity index (χ2v) is 8.68. The fourth-order valence-corrected chi connectivity index (χ4v) is 5.15. The van der Waals surface area contributed by atoms with Crippen LogP contribution in [-0.4, -0.2) is 18.3 Å². The van der Waals surface area contributed by atoms with Gasteiger partial charge in [0, 0.05) is 30.5 Å². The Bertz CT molecular complexity index is 557. The number of rotatable bonds is 8. The van der Waals surface area contributed by atoms with E-state index in [0.29, 0.717) is 6.04 Å². The van der Waals surface area contributed by atoms with Crippen molar-refractivity contribution in [1.82, 2.24) is 5.32 Å². The van der Waals surface area contributed by atoms with Gasteiger partial charge in [-0.3, -0.25) is 0 Å². The lowest BCUT2D eigenvalue weighted by Crippen LogP contribution is -2.33. The van der Waals surface area contributed by atoms with Crippen molar-refractivity contribution in [3.63, 3.8) is 0 Å². The molecule has 0 radical (unpaired) electrons. The van der Waals surface area contributed by atoms with Gasteiger partial charge in [-0.25, -0.2) is 0 Å². The van der Waals surface area contributed by atoms with E-state index in [2.05, 4.69) is 79.8 Å². The first kappa shape index (κ1) is 17.5. The Hall–Kier alpha value is 0.190. The molecule has 1 aromatic carbocycles. The zero-order valence-corrected chi connectivity index (χ0v) is 16.7. The molecule has 2 aromatic rings. The number of thioether (sulfide) groups is 1. The first-order chi connectivity index (χ1) is 10.2. The van der Waals surface area contributed by atoms with Gasteiger partial charge in [0.05, 0.1) is 0 Å². The normalized spacial score (nSPS) is 12.5. The second-order valence-electron chi connectivity index (χ2n) is 4.82. The molecule has 1 heterocycles. The second kappa shape index (κ2) is 9.36. The first-order valence-electron chi connectivity index (χ1n) is 7.02. The molecule has 0 bridgehead atoms. The fourth-order valence-electron chi connectivity index (χ4n) is 1.99. The SMILES string of the molecule is CCCNC(CSc1cccc(Br)c1)Cc1sccc1Br. The van der Waals surface area contributed by atoms with Crippen LogP contribution in [0, 0.1) is 0 Å². The zero-order valence-electron chi connectivity index (χ0n) is 11.9. The van der Waals surface area contributed by atoms with Crippen LogP contribution in [0.2, 0.25) is 0 Å². The topological polar surface area (TPSA) is 12.0 Å². The van der Waals surface area contributed by atoms with Crippen molar-refractivity contribution in [2.45, 2.75) is 30.7 Å². The summed E-state index contributed by atoms with van der Waals surface area (Å²) in [4.78, 5) is 2.75. The van der Waals surface area contributed by atoms with Gasteiger partial charge in [-0.1, -0.05) is 28.9 Å². The minimum atomic E-state index is 0.504. The maximum Gasteiger partial charge on any atom is 0.0314 e. The van der Waals surface area contributed by atoms with Crippen LogP contribution in [0.1, 0.15) is 18.2 Å².